The molecule has 228 valence electrons. The number of nitrogens with zero attached hydrogens (tertiary/aromatic N) is 4. The molecule has 15 heteroatoms. The van der Waals surface area contributed by atoms with Crippen molar-refractivity contribution in [1.82, 2.24) is 19.1 Å². The fourth-order valence-electron chi connectivity index (χ4n) is 4.39. The van der Waals surface area contributed by atoms with Gasteiger partial charge in [-0.2, -0.15) is 0 Å². The molecule has 2 amide bonds. The molecule has 0 saturated heterocycles. The lowest BCUT2D eigenvalue weighted by atomic mass is 10.1. The Kier molecular flexibility index (Phi) is 9.67. The number of hydrogen-bond donors (Lipinski definition) is 5. The number of nitrogen functional groups attached to an aromatic ring is 2. The number of aliphatic hydroxyl groups is 1. The Morgan fingerprint density at radius 3 is 1.81 bits per heavy atom. The summed E-state index contributed by atoms with van der Waals surface area (Å²) in [5.74, 6) is -1.11. The molecule has 0 radical (unpaired) electrons. The first-order valence-electron chi connectivity index (χ1n) is 13.5. The molecule has 0 spiro atoms. The molecule has 0 saturated carbocycles. The van der Waals surface area contributed by atoms with Crippen molar-refractivity contribution in [2.24, 2.45) is 11.5 Å². The number of unbranched alkanes of at least 4 members (excludes halogenated alkanes) is 1. The van der Waals surface area contributed by atoms with Crippen LogP contribution < -0.4 is 32.4 Å². The maximum Gasteiger partial charge on any atom is 0.344 e. The fraction of sp³-hybridized carbons (Fsp3) is 0.321. The Labute approximate surface area is 246 Å². The number of primary amides is 2. The van der Waals surface area contributed by atoms with Gasteiger partial charge in [-0.05, 0) is 30.7 Å². The van der Waals surface area contributed by atoms with Crippen molar-refractivity contribution in [3.05, 3.63) is 47.5 Å². The number of amides is 2. The molecule has 2 aromatic heterocycles. The number of rotatable bonds is 15. The zero-order chi connectivity index (χ0) is 31.1. The van der Waals surface area contributed by atoms with E-state index in [-0.39, 0.29) is 68.3 Å². The minimum Gasteiger partial charge on any atom is -0.489 e. The standard InChI is InChI=1S/C28H34N8O7/c1-2-3-9-42-22(38)15-43-21-14-17(26(30)40)12-19-24(21)36(28(32)34-19)7-5-4-6-35-23-18(33-27(35)31)11-16(25(29)39)13-20(23)41-10-8-37/h4-5,11-14,37H,2-3,6-10,15H2,1H3,(H2,29,39)(H2,30,40)(H2,31,33)(H2,32,34)/b5-4+. The maximum atomic E-state index is 12.2. The molecule has 4 rings (SSSR count). The molecule has 0 atom stereocenters. The van der Waals surface area contributed by atoms with Gasteiger partial charge in [-0.25, -0.2) is 14.8 Å². The van der Waals surface area contributed by atoms with Crippen LogP contribution in [0, 0.1) is 0 Å². The molecule has 0 aliphatic rings. The van der Waals surface area contributed by atoms with E-state index in [4.69, 9.17) is 37.1 Å². The second kappa shape index (κ2) is 13.6. The maximum absolute atomic E-state index is 12.2. The lowest BCUT2D eigenvalue weighted by Gasteiger charge is -2.12. The predicted molar refractivity (Wildman–Crippen MR) is 158 cm³/mol. The number of hydrogen-bond acceptors (Lipinski definition) is 11. The third-order valence-corrected chi connectivity index (χ3v) is 6.44. The van der Waals surface area contributed by atoms with Crippen molar-refractivity contribution >= 4 is 51.7 Å². The summed E-state index contributed by atoms with van der Waals surface area (Å²) >= 11 is 0. The van der Waals surface area contributed by atoms with Gasteiger partial charge in [0, 0.05) is 24.2 Å². The first-order chi connectivity index (χ1) is 20.6. The Hall–Kier alpha value is -5.31. The first-order valence-corrected chi connectivity index (χ1v) is 13.5. The van der Waals surface area contributed by atoms with Gasteiger partial charge in [-0.1, -0.05) is 25.5 Å². The zero-order valence-electron chi connectivity index (χ0n) is 23.6. The number of ether oxygens (including phenoxy) is 3. The number of nitrogens with two attached hydrogens (primary N) is 4. The highest BCUT2D eigenvalue weighted by Gasteiger charge is 2.19. The van der Waals surface area contributed by atoms with Gasteiger partial charge in [0.25, 0.3) is 0 Å². The van der Waals surface area contributed by atoms with Crippen LogP contribution >= 0.6 is 0 Å². The Bertz CT molecular complexity index is 1690. The first kappa shape index (κ1) is 30.6. The van der Waals surface area contributed by atoms with Gasteiger partial charge in [-0.3, -0.25) is 9.59 Å². The van der Waals surface area contributed by atoms with Crippen molar-refractivity contribution in [3.8, 4) is 11.5 Å². The molecule has 9 N–H and O–H groups in total. The number of carbonyl (C=O) groups excluding carboxylic acids is 3. The minimum absolute atomic E-state index is 0.0104. The minimum atomic E-state index is -0.694. The van der Waals surface area contributed by atoms with E-state index in [0.29, 0.717) is 27.8 Å². The molecule has 0 bridgehead atoms. The van der Waals surface area contributed by atoms with Gasteiger partial charge < -0.3 is 51.4 Å². The molecule has 15 nitrogen and oxygen atoms in total. The van der Waals surface area contributed by atoms with E-state index >= 15 is 0 Å². The number of benzene rings is 2. The summed E-state index contributed by atoms with van der Waals surface area (Å²) in [6.45, 7) is 2.13. The molecule has 4 aromatic rings. The summed E-state index contributed by atoms with van der Waals surface area (Å²) in [5, 5.41) is 9.23. The molecule has 43 heavy (non-hydrogen) atoms. The quantitative estimate of drug-likeness (QED) is 0.0741. The molecular weight excluding hydrogens is 560 g/mol. The number of aromatic nitrogens is 4. The number of esters is 1. The van der Waals surface area contributed by atoms with Crippen LogP contribution in [0.15, 0.2) is 36.4 Å². The monoisotopic (exact) mass is 594 g/mol. The number of anilines is 2. The van der Waals surface area contributed by atoms with Crippen LogP contribution in [0.5, 0.6) is 11.5 Å². The van der Waals surface area contributed by atoms with Crippen molar-refractivity contribution < 1.29 is 33.7 Å². The van der Waals surface area contributed by atoms with Crippen LogP contribution in [0.25, 0.3) is 22.1 Å². The van der Waals surface area contributed by atoms with E-state index in [1.54, 1.807) is 15.2 Å². The highest BCUT2D eigenvalue weighted by molar-refractivity contribution is 5.99. The highest BCUT2D eigenvalue weighted by atomic mass is 16.6. The topological polar surface area (TPSA) is 239 Å². The van der Waals surface area contributed by atoms with Gasteiger partial charge in [-0.15, -0.1) is 0 Å². The third-order valence-electron chi connectivity index (χ3n) is 6.44. The van der Waals surface area contributed by atoms with E-state index in [1.165, 1.54) is 24.3 Å². The van der Waals surface area contributed by atoms with E-state index in [0.717, 1.165) is 12.8 Å². The van der Waals surface area contributed by atoms with Crippen molar-refractivity contribution in [1.29, 1.82) is 0 Å². The lowest BCUT2D eigenvalue weighted by Crippen LogP contribution is -2.17. The summed E-state index contributed by atoms with van der Waals surface area (Å²) in [7, 11) is 0. The average molecular weight is 595 g/mol. The van der Waals surface area contributed by atoms with E-state index in [1.807, 2.05) is 13.0 Å². The number of imidazole rings is 2. The average Bonchev–Trinajstić information content (AvgIpc) is 3.47. The zero-order valence-corrected chi connectivity index (χ0v) is 23.6. The fourth-order valence-corrected chi connectivity index (χ4v) is 4.39. The Morgan fingerprint density at radius 2 is 1.35 bits per heavy atom. The molecule has 0 unspecified atom stereocenters. The predicted octanol–water partition coefficient (Wildman–Crippen LogP) is 1.10. The molecular formula is C28H34N8O7. The van der Waals surface area contributed by atoms with Gasteiger partial charge in [0.05, 0.1) is 24.2 Å². The molecule has 0 aliphatic heterocycles. The lowest BCUT2D eigenvalue weighted by molar-refractivity contribution is -0.146. The van der Waals surface area contributed by atoms with Crippen LogP contribution in [0.4, 0.5) is 11.9 Å². The van der Waals surface area contributed by atoms with Gasteiger partial charge >= 0.3 is 5.97 Å². The number of carbonyl (C=O) groups is 3. The van der Waals surface area contributed by atoms with Crippen molar-refractivity contribution in [2.75, 3.05) is 37.9 Å². The SMILES string of the molecule is CCCCOC(=O)COc1cc(C(N)=O)cc2nc(N)n(C/C=C/Cn3c(N)nc4cc(C(N)=O)cc(OCCO)c43)c12. The van der Waals surface area contributed by atoms with Crippen LogP contribution in [0.3, 0.4) is 0 Å². The summed E-state index contributed by atoms with van der Waals surface area (Å²) in [5.41, 5.74) is 25.4. The Balaban J connectivity index is 1.60. The summed E-state index contributed by atoms with van der Waals surface area (Å²) in [6.07, 6.45) is 5.22. The third kappa shape index (κ3) is 6.95. The van der Waals surface area contributed by atoms with Gasteiger partial charge in [0.2, 0.25) is 23.7 Å². The molecule has 2 heterocycles. The molecule has 0 fully saturated rings. The van der Waals surface area contributed by atoms with Crippen LogP contribution in [-0.4, -0.2) is 68.4 Å². The summed E-state index contributed by atoms with van der Waals surface area (Å²) in [4.78, 5) is 44.5. The normalized spacial score (nSPS) is 11.4. The summed E-state index contributed by atoms with van der Waals surface area (Å²) in [6, 6.07) is 5.91. The summed E-state index contributed by atoms with van der Waals surface area (Å²) < 4.78 is 19.9. The number of allylic oxidation sites excluding steroid dienone is 2. The van der Waals surface area contributed by atoms with Crippen molar-refractivity contribution in [3.63, 3.8) is 0 Å². The van der Waals surface area contributed by atoms with E-state index in [2.05, 4.69) is 9.97 Å². The van der Waals surface area contributed by atoms with Gasteiger partial charge in [0.15, 0.2) is 6.61 Å². The largest absolute Gasteiger partial charge is 0.489 e. The number of aliphatic hydroxyl groups excluding tert-OH is 1. The van der Waals surface area contributed by atoms with Crippen LogP contribution in [0.1, 0.15) is 40.5 Å². The van der Waals surface area contributed by atoms with E-state index < -0.39 is 17.8 Å². The highest BCUT2D eigenvalue weighted by Crippen LogP contribution is 2.31. The van der Waals surface area contributed by atoms with Crippen LogP contribution in [-0.2, 0) is 22.6 Å². The van der Waals surface area contributed by atoms with Gasteiger partial charge in [0.1, 0.15) is 29.1 Å². The smallest absolute Gasteiger partial charge is 0.344 e. The number of fused-ring (bicyclic) bond motifs is 2. The second-order valence-corrected chi connectivity index (χ2v) is 9.48. The van der Waals surface area contributed by atoms with E-state index in [9.17, 15) is 19.5 Å². The Morgan fingerprint density at radius 1 is 0.837 bits per heavy atom. The molecule has 0 aliphatic carbocycles. The van der Waals surface area contributed by atoms with Crippen LogP contribution in [0.2, 0.25) is 0 Å². The molecule has 2 aromatic carbocycles. The second-order valence-electron chi connectivity index (χ2n) is 9.48. The van der Waals surface area contributed by atoms with Crippen molar-refractivity contribution in [2.45, 2.75) is 32.9 Å².